The third-order valence-electron chi connectivity index (χ3n) is 3.74. The molecule has 15 heavy (non-hydrogen) atoms. The molecule has 0 saturated carbocycles. The van der Waals surface area contributed by atoms with Crippen molar-refractivity contribution < 1.29 is 9.52 Å². The SMILES string of the molecule is CC[Si](CC)(CC)c1cc(CO)c(C)o1. The molecule has 0 saturated heterocycles. The summed E-state index contributed by atoms with van der Waals surface area (Å²) in [6.07, 6.45) is 0. The molecular formula is C12H22O2Si. The summed E-state index contributed by atoms with van der Waals surface area (Å²) in [5.41, 5.74) is 0.956. The first-order valence-electron chi connectivity index (χ1n) is 5.84. The summed E-state index contributed by atoms with van der Waals surface area (Å²) in [6, 6.07) is 5.74. The van der Waals surface area contributed by atoms with E-state index in [0.717, 1.165) is 11.3 Å². The van der Waals surface area contributed by atoms with Crippen LogP contribution in [0.5, 0.6) is 0 Å². The Labute approximate surface area is 93.3 Å². The molecule has 0 atom stereocenters. The van der Waals surface area contributed by atoms with Gasteiger partial charge in [0.25, 0.3) is 0 Å². The fourth-order valence-corrected chi connectivity index (χ4v) is 5.61. The van der Waals surface area contributed by atoms with Crippen molar-refractivity contribution in [1.29, 1.82) is 0 Å². The van der Waals surface area contributed by atoms with Gasteiger partial charge in [0.05, 0.1) is 12.0 Å². The van der Waals surface area contributed by atoms with Gasteiger partial charge in [-0.2, -0.15) is 0 Å². The minimum absolute atomic E-state index is 0.0942. The standard InChI is InChI=1S/C12H22O2Si/c1-5-15(6-2,7-3)12-8-11(9-13)10(4)14-12/h8,13H,5-7,9H2,1-4H3. The van der Waals surface area contributed by atoms with Crippen LogP contribution in [0.3, 0.4) is 0 Å². The summed E-state index contributed by atoms with van der Waals surface area (Å²) >= 11 is 0. The van der Waals surface area contributed by atoms with Crippen molar-refractivity contribution in [3.8, 4) is 0 Å². The first-order valence-corrected chi connectivity index (χ1v) is 8.46. The van der Waals surface area contributed by atoms with E-state index in [1.54, 1.807) is 0 Å². The van der Waals surface area contributed by atoms with Crippen LogP contribution in [0.25, 0.3) is 0 Å². The van der Waals surface area contributed by atoms with E-state index in [9.17, 15) is 5.11 Å². The summed E-state index contributed by atoms with van der Waals surface area (Å²) < 4.78 is 5.85. The third kappa shape index (κ3) is 2.18. The average molecular weight is 226 g/mol. The maximum atomic E-state index is 9.17. The molecule has 1 heterocycles. The van der Waals surface area contributed by atoms with Crippen molar-refractivity contribution in [2.45, 2.75) is 52.4 Å². The van der Waals surface area contributed by atoms with Gasteiger partial charge in [0.15, 0.2) is 0 Å². The van der Waals surface area contributed by atoms with Crippen LogP contribution in [-0.2, 0) is 6.61 Å². The zero-order chi connectivity index (χ0) is 11.5. The van der Waals surface area contributed by atoms with E-state index in [2.05, 4.69) is 26.8 Å². The lowest BCUT2D eigenvalue weighted by Gasteiger charge is -2.24. The molecule has 2 nitrogen and oxygen atoms in total. The molecule has 0 fully saturated rings. The quantitative estimate of drug-likeness (QED) is 0.783. The highest BCUT2D eigenvalue weighted by molar-refractivity contribution is 6.90. The number of hydrogen-bond acceptors (Lipinski definition) is 2. The second kappa shape index (κ2) is 4.99. The Bertz CT molecular complexity index is 305. The van der Waals surface area contributed by atoms with E-state index < -0.39 is 8.07 Å². The van der Waals surface area contributed by atoms with Crippen LogP contribution in [0.2, 0.25) is 18.1 Å². The number of rotatable bonds is 5. The van der Waals surface area contributed by atoms with Crippen molar-refractivity contribution in [2.24, 2.45) is 0 Å². The highest BCUT2D eigenvalue weighted by atomic mass is 28.3. The lowest BCUT2D eigenvalue weighted by Crippen LogP contribution is -2.44. The third-order valence-corrected chi connectivity index (χ3v) is 9.10. The molecule has 3 heteroatoms. The van der Waals surface area contributed by atoms with Gasteiger partial charge in [-0.25, -0.2) is 0 Å². The monoisotopic (exact) mass is 226 g/mol. The largest absolute Gasteiger partial charge is 0.471 e. The Morgan fingerprint density at radius 1 is 1.20 bits per heavy atom. The lowest BCUT2D eigenvalue weighted by molar-refractivity contribution is 0.279. The Balaban J connectivity index is 3.11. The summed E-state index contributed by atoms with van der Waals surface area (Å²) in [6.45, 7) is 8.81. The predicted molar refractivity (Wildman–Crippen MR) is 66.2 cm³/mol. The van der Waals surface area contributed by atoms with Gasteiger partial charge in [0.2, 0.25) is 0 Å². The van der Waals surface area contributed by atoms with Gasteiger partial charge >= 0.3 is 0 Å². The van der Waals surface area contributed by atoms with E-state index >= 15 is 0 Å². The lowest BCUT2D eigenvalue weighted by atomic mass is 10.3. The molecule has 0 bridgehead atoms. The number of aliphatic hydroxyl groups excluding tert-OH is 1. The van der Waals surface area contributed by atoms with Gasteiger partial charge in [-0.05, 0) is 13.0 Å². The maximum Gasteiger partial charge on any atom is 0.131 e. The number of hydrogen-bond donors (Lipinski definition) is 1. The van der Waals surface area contributed by atoms with Gasteiger partial charge in [0.1, 0.15) is 13.8 Å². The number of furan rings is 1. The molecule has 0 aliphatic heterocycles. The van der Waals surface area contributed by atoms with Crippen molar-refractivity contribution in [1.82, 2.24) is 0 Å². The number of aryl methyl sites for hydroxylation is 1. The fourth-order valence-electron chi connectivity index (χ4n) is 2.21. The molecule has 0 unspecified atom stereocenters. The van der Waals surface area contributed by atoms with Gasteiger partial charge in [-0.3, -0.25) is 0 Å². The Morgan fingerprint density at radius 2 is 1.73 bits per heavy atom. The van der Waals surface area contributed by atoms with Gasteiger partial charge in [-0.15, -0.1) is 0 Å². The molecule has 0 radical (unpaired) electrons. The zero-order valence-corrected chi connectivity index (χ0v) is 11.3. The average Bonchev–Trinajstić information content (AvgIpc) is 2.64. The van der Waals surface area contributed by atoms with E-state index in [-0.39, 0.29) is 6.61 Å². The molecule has 0 aromatic carbocycles. The van der Waals surface area contributed by atoms with Crippen LogP contribution < -0.4 is 5.38 Å². The molecule has 86 valence electrons. The zero-order valence-electron chi connectivity index (χ0n) is 10.3. The molecule has 0 spiro atoms. The summed E-state index contributed by atoms with van der Waals surface area (Å²) in [4.78, 5) is 0. The minimum Gasteiger partial charge on any atom is -0.471 e. The van der Waals surface area contributed by atoms with Crippen LogP contribution in [-0.4, -0.2) is 13.2 Å². The normalized spacial score (nSPS) is 12.1. The van der Waals surface area contributed by atoms with Gasteiger partial charge < -0.3 is 9.52 Å². The first kappa shape index (κ1) is 12.5. The second-order valence-electron chi connectivity index (χ2n) is 4.19. The van der Waals surface area contributed by atoms with Crippen LogP contribution >= 0.6 is 0 Å². The Morgan fingerprint density at radius 3 is 2.07 bits per heavy atom. The first-order chi connectivity index (χ1) is 7.13. The van der Waals surface area contributed by atoms with Crippen molar-refractivity contribution in [2.75, 3.05) is 0 Å². The molecule has 0 amide bonds. The fraction of sp³-hybridized carbons (Fsp3) is 0.667. The summed E-state index contributed by atoms with van der Waals surface area (Å²) in [5, 5.41) is 10.3. The summed E-state index contributed by atoms with van der Waals surface area (Å²) in [5.74, 6) is 0.889. The predicted octanol–water partition coefficient (Wildman–Crippen LogP) is 2.80. The molecule has 1 N–H and O–H groups in total. The van der Waals surface area contributed by atoms with Gasteiger partial charge in [-0.1, -0.05) is 38.9 Å². The van der Waals surface area contributed by atoms with Crippen molar-refractivity contribution >= 4 is 13.5 Å². The number of aliphatic hydroxyl groups is 1. The molecular weight excluding hydrogens is 204 g/mol. The summed E-state index contributed by atoms with van der Waals surface area (Å²) in [7, 11) is -1.40. The van der Waals surface area contributed by atoms with Crippen molar-refractivity contribution in [3.05, 3.63) is 17.4 Å². The molecule has 1 aromatic heterocycles. The highest BCUT2D eigenvalue weighted by Crippen LogP contribution is 2.22. The Kier molecular flexibility index (Phi) is 4.17. The van der Waals surface area contributed by atoms with Crippen molar-refractivity contribution in [3.63, 3.8) is 0 Å². The van der Waals surface area contributed by atoms with Crippen LogP contribution in [0.15, 0.2) is 10.5 Å². The van der Waals surface area contributed by atoms with E-state index in [4.69, 9.17) is 4.42 Å². The molecule has 0 aliphatic rings. The topological polar surface area (TPSA) is 33.4 Å². The van der Waals surface area contributed by atoms with E-state index in [1.165, 1.54) is 23.5 Å². The molecule has 0 aliphatic carbocycles. The Hall–Kier alpha value is -0.543. The van der Waals surface area contributed by atoms with Crippen LogP contribution in [0.4, 0.5) is 0 Å². The van der Waals surface area contributed by atoms with E-state index in [1.807, 2.05) is 6.92 Å². The minimum atomic E-state index is -1.40. The smallest absolute Gasteiger partial charge is 0.131 e. The molecule has 1 aromatic rings. The van der Waals surface area contributed by atoms with Crippen LogP contribution in [0.1, 0.15) is 32.1 Å². The second-order valence-corrected chi connectivity index (χ2v) is 9.37. The highest BCUT2D eigenvalue weighted by Gasteiger charge is 2.33. The van der Waals surface area contributed by atoms with E-state index in [0.29, 0.717) is 0 Å². The molecule has 1 rings (SSSR count). The maximum absolute atomic E-state index is 9.17. The van der Waals surface area contributed by atoms with Crippen LogP contribution in [0, 0.1) is 6.92 Å². The van der Waals surface area contributed by atoms with Gasteiger partial charge in [0, 0.05) is 5.56 Å².